The van der Waals surface area contributed by atoms with Crippen molar-refractivity contribution in [3.63, 3.8) is 0 Å². The standard InChI is InChI=1S/C12H26N2/c1-9(10-5-6-10)7-14-8-11(13)12(2,3)4/h9-11,14H,5-8,13H2,1-4H3. The van der Waals surface area contributed by atoms with Gasteiger partial charge in [0.25, 0.3) is 0 Å². The van der Waals surface area contributed by atoms with Crippen molar-refractivity contribution >= 4 is 0 Å². The lowest BCUT2D eigenvalue weighted by Crippen LogP contribution is -2.44. The maximum Gasteiger partial charge on any atom is 0.0214 e. The number of nitrogens with one attached hydrogen (secondary N) is 1. The van der Waals surface area contributed by atoms with E-state index in [1.54, 1.807) is 0 Å². The van der Waals surface area contributed by atoms with E-state index in [-0.39, 0.29) is 11.5 Å². The first-order valence-corrected chi connectivity index (χ1v) is 5.87. The highest BCUT2D eigenvalue weighted by atomic mass is 14.9. The molecule has 0 bridgehead atoms. The fraction of sp³-hybridized carbons (Fsp3) is 1.00. The summed E-state index contributed by atoms with van der Waals surface area (Å²) in [5.41, 5.74) is 6.28. The molecule has 2 unspecified atom stereocenters. The monoisotopic (exact) mass is 198 g/mol. The zero-order valence-corrected chi connectivity index (χ0v) is 10.1. The second-order valence-corrected chi connectivity index (χ2v) is 5.95. The normalized spacial score (nSPS) is 22.1. The molecule has 84 valence electrons. The van der Waals surface area contributed by atoms with Gasteiger partial charge in [0.2, 0.25) is 0 Å². The minimum atomic E-state index is 0.218. The summed E-state index contributed by atoms with van der Waals surface area (Å²) in [6, 6.07) is 0.258. The molecule has 2 nitrogen and oxygen atoms in total. The largest absolute Gasteiger partial charge is 0.326 e. The molecule has 1 rings (SSSR count). The highest BCUT2D eigenvalue weighted by Gasteiger charge is 2.27. The maximum atomic E-state index is 6.07. The van der Waals surface area contributed by atoms with Crippen molar-refractivity contribution in [3.05, 3.63) is 0 Å². The Balaban J connectivity index is 2.08. The molecule has 0 radical (unpaired) electrons. The Bertz CT molecular complexity index is 168. The van der Waals surface area contributed by atoms with Crippen LogP contribution in [-0.2, 0) is 0 Å². The van der Waals surface area contributed by atoms with E-state index in [0.29, 0.717) is 0 Å². The lowest BCUT2D eigenvalue weighted by Gasteiger charge is -2.27. The van der Waals surface area contributed by atoms with Crippen molar-refractivity contribution in [1.29, 1.82) is 0 Å². The van der Waals surface area contributed by atoms with E-state index < -0.39 is 0 Å². The van der Waals surface area contributed by atoms with Crippen LogP contribution in [0.3, 0.4) is 0 Å². The second-order valence-electron chi connectivity index (χ2n) is 5.95. The maximum absolute atomic E-state index is 6.07. The lowest BCUT2D eigenvalue weighted by atomic mass is 9.87. The van der Waals surface area contributed by atoms with Gasteiger partial charge in [-0.25, -0.2) is 0 Å². The highest BCUT2D eigenvalue weighted by Crippen LogP contribution is 2.36. The van der Waals surface area contributed by atoms with Gasteiger partial charge in [-0.2, -0.15) is 0 Å². The number of hydrogen-bond donors (Lipinski definition) is 2. The molecular weight excluding hydrogens is 172 g/mol. The zero-order chi connectivity index (χ0) is 10.8. The van der Waals surface area contributed by atoms with Crippen molar-refractivity contribution < 1.29 is 0 Å². The Morgan fingerprint density at radius 3 is 2.29 bits per heavy atom. The molecular formula is C12H26N2. The van der Waals surface area contributed by atoms with E-state index in [1.165, 1.54) is 12.8 Å². The first kappa shape index (κ1) is 12.0. The Morgan fingerprint density at radius 2 is 1.86 bits per heavy atom. The first-order valence-electron chi connectivity index (χ1n) is 5.87. The summed E-state index contributed by atoms with van der Waals surface area (Å²) >= 11 is 0. The third-order valence-corrected chi connectivity index (χ3v) is 3.37. The zero-order valence-electron chi connectivity index (χ0n) is 10.1. The van der Waals surface area contributed by atoms with Crippen LogP contribution in [0.4, 0.5) is 0 Å². The van der Waals surface area contributed by atoms with Crippen LogP contribution in [0.5, 0.6) is 0 Å². The summed E-state index contributed by atoms with van der Waals surface area (Å²) in [5.74, 6) is 1.83. The third-order valence-electron chi connectivity index (χ3n) is 3.37. The van der Waals surface area contributed by atoms with Gasteiger partial charge in [-0.05, 0) is 36.6 Å². The Hall–Kier alpha value is -0.0800. The van der Waals surface area contributed by atoms with E-state index in [0.717, 1.165) is 24.9 Å². The summed E-state index contributed by atoms with van der Waals surface area (Å²) in [7, 11) is 0. The van der Waals surface area contributed by atoms with Crippen LogP contribution in [0.15, 0.2) is 0 Å². The van der Waals surface area contributed by atoms with E-state index in [4.69, 9.17) is 5.73 Å². The van der Waals surface area contributed by atoms with Gasteiger partial charge < -0.3 is 11.1 Å². The van der Waals surface area contributed by atoms with Crippen LogP contribution < -0.4 is 11.1 Å². The fourth-order valence-corrected chi connectivity index (χ4v) is 1.60. The van der Waals surface area contributed by atoms with Gasteiger partial charge in [0.1, 0.15) is 0 Å². The number of hydrogen-bond acceptors (Lipinski definition) is 2. The molecule has 3 N–H and O–H groups in total. The molecule has 0 aromatic rings. The Kier molecular flexibility index (Phi) is 3.96. The van der Waals surface area contributed by atoms with Crippen molar-refractivity contribution in [2.24, 2.45) is 23.0 Å². The van der Waals surface area contributed by atoms with Crippen molar-refractivity contribution in [1.82, 2.24) is 5.32 Å². The molecule has 1 aliphatic rings. The predicted molar refractivity (Wildman–Crippen MR) is 62.2 cm³/mol. The van der Waals surface area contributed by atoms with Gasteiger partial charge in [0.05, 0.1) is 0 Å². The van der Waals surface area contributed by atoms with Gasteiger partial charge in [-0.15, -0.1) is 0 Å². The van der Waals surface area contributed by atoms with E-state index in [9.17, 15) is 0 Å². The molecule has 0 saturated heterocycles. The summed E-state index contributed by atoms with van der Waals surface area (Å²) in [6.07, 6.45) is 2.88. The van der Waals surface area contributed by atoms with Crippen molar-refractivity contribution in [2.75, 3.05) is 13.1 Å². The lowest BCUT2D eigenvalue weighted by molar-refractivity contribution is 0.302. The molecule has 1 aliphatic carbocycles. The quantitative estimate of drug-likeness (QED) is 0.709. The number of rotatable bonds is 5. The van der Waals surface area contributed by atoms with Gasteiger partial charge in [-0.1, -0.05) is 27.7 Å². The number of nitrogens with two attached hydrogens (primary N) is 1. The molecule has 0 aliphatic heterocycles. The molecule has 2 heteroatoms. The molecule has 0 spiro atoms. The molecule has 0 heterocycles. The van der Waals surface area contributed by atoms with Crippen molar-refractivity contribution in [2.45, 2.75) is 46.6 Å². The van der Waals surface area contributed by atoms with Crippen LogP contribution >= 0.6 is 0 Å². The molecule has 1 saturated carbocycles. The van der Waals surface area contributed by atoms with Gasteiger partial charge >= 0.3 is 0 Å². The van der Waals surface area contributed by atoms with Crippen LogP contribution in [0, 0.1) is 17.3 Å². The Morgan fingerprint density at radius 1 is 1.29 bits per heavy atom. The van der Waals surface area contributed by atoms with Gasteiger partial charge in [0, 0.05) is 12.6 Å². The van der Waals surface area contributed by atoms with E-state index >= 15 is 0 Å². The topological polar surface area (TPSA) is 38.0 Å². The summed E-state index contributed by atoms with van der Waals surface area (Å²) < 4.78 is 0. The summed E-state index contributed by atoms with van der Waals surface area (Å²) in [6.45, 7) is 11.0. The second kappa shape index (κ2) is 4.63. The molecule has 0 aromatic heterocycles. The Labute approximate surface area is 88.6 Å². The minimum absolute atomic E-state index is 0.218. The molecule has 0 amide bonds. The van der Waals surface area contributed by atoms with Gasteiger partial charge in [-0.3, -0.25) is 0 Å². The molecule has 2 atom stereocenters. The SMILES string of the molecule is CC(CNCC(N)C(C)(C)C)C1CC1. The van der Waals surface area contributed by atoms with Crippen LogP contribution in [0.2, 0.25) is 0 Å². The summed E-state index contributed by atoms with van der Waals surface area (Å²) in [5, 5.41) is 3.49. The third kappa shape index (κ3) is 3.97. The highest BCUT2D eigenvalue weighted by molar-refractivity contribution is 4.82. The molecule has 0 aromatic carbocycles. The van der Waals surface area contributed by atoms with Gasteiger partial charge in [0.15, 0.2) is 0 Å². The van der Waals surface area contributed by atoms with Crippen molar-refractivity contribution in [3.8, 4) is 0 Å². The van der Waals surface area contributed by atoms with E-state index in [2.05, 4.69) is 33.0 Å². The first-order chi connectivity index (χ1) is 6.41. The minimum Gasteiger partial charge on any atom is -0.326 e. The fourth-order valence-electron chi connectivity index (χ4n) is 1.60. The van der Waals surface area contributed by atoms with Crippen LogP contribution in [0.1, 0.15) is 40.5 Å². The predicted octanol–water partition coefficient (Wildman–Crippen LogP) is 2.00. The molecule has 1 fully saturated rings. The van der Waals surface area contributed by atoms with E-state index in [1.807, 2.05) is 0 Å². The summed E-state index contributed by atoms with van der Waals surface area (Å²) in [4.78, 5) is 0. The average molecular weight is 198 g/mol. The van der Waals surface area contributed by atoms with Crippen LogP contribution in [0.25, 0.3) is 0 Å². The molecule has 14 heavy (non-hydrogen) atoms. The smallest absolute Gasteiger partial charge is 0.0214 e. The average Bonchev–Trinajstić information content (AvgIpc) is 2.84. The van der Waals surface area contributed by atoms with Crippen LogP contribution in [-0.4, -0.2) is 19.1 Å².